The lowest BCUT2D eigenvalue weighted by molar-refractivity contribution is -0.126. The van der Waals surface area contributed by atoms with Crippen LogP contribution in [0.1, 0.15) is 62.7 Å². The molecule has 2 saturated heterocycles. The van der Waals surface area contributed by atoms with Crippen LogP contribution in [0.5, 0.6) is 5.75 Å². The normalized spacial score (nSPS) is 18.9. The summed E-state index contributed by atoms with van der Waals surface area (Å²) in [5.41, 5.74) is 0.244. The Bertz CT molecular complexity index is 916. The van der Waals surface area contributed by atoms with Crippen LogP contribution in [-0.4, -0.2) is 68.8 Å². The maximum Gasteiger partial charge on any atom is 0.257 e. The van der Waals surface area contributed by atoms with Gasteiger partial charge in [-0.1, -0.05) is 12.8 Å². The van der Waals surface area contributed by atoms with Crippen LogP contribution in [0.2, 0.25) is 0 Å². The first-order valence-corrected chi connectivity index (χ1v) is 13.0. The molecule has 0 atom stereocenters. The number of piperidine rings is 1. The summed E-state index contributed by atoms with van der Waals surface area (Å²) in [5, 5.41) is 2.93. The standard InChI is InChI=1S/C23H35N3O5S/c1-17(2)24-22(27)18-10-14-25(15-11-18)23(28)20-16-19(8-9-21(20)31-3)32(29,30)26-12-6-4-5-7-13-26/h8-9,16-18H,4-7,10-15H2,1-3H3,(H,24,27). The molecule has 2 aliphatic rings. The van der Waals surface area contributed by atoms with Crippen LogP contribution in [0.4, 0.5) is 0 Å². The molecule has 1 aromatic rings. The number of hydrogen-bond acceptors (Lipinski definition) is 5. The first kappa shape index (κ1) is 24.5. The molecule has 0 aromatic heterocycles. The van der Waals surface area contributed by atoms with Crippen molar-refractivity contribution >= 4 is 21.8 Å². The number of ether oxygens (including phenoxy) is 1. The van der Waals surface area contributed by atoms with Crippen LogP contribution in [0.3, 0.4) is 0 Å². The van der Waals surface area contributed by atoms with Crippen molar-refractivity contribution < 1.29 is 22.7 Å². The number of sulfonamides is 1. The number of carbonyl (C=O) groups is 2. The van der Waals surface area contributed by atoms with E-state index in [0.717, 1.165) is 25.7 Å². The average Bonchev–Trinajstić information content (AvgIpc) is 3.08. The van der Waals surface area contributed by atoms with Gasteiger partial charge in [0.05, 0.1) is 17.6 Å². The Morgan fingerprint density at radius 3 is 2.22 bits per heavy atom. The van der Waals surface area contributed by atoms with Crippen LogP contribution >= 0.6 is 0 Å². The van der Waals surface area contributed by atoms with Gasteiger partial charge in [0.2, 0.25) is 15.9 Å². The van der Waals surface area contributed by atoms with E-state index in [9.17, 15) is 18.0 Å². The molecule has 1 aromatic carbocycles. The molecule has 8 nitrogen and oxygen atoms in total. The van der Waals surface area contributed by atoms with E-state index in [-0.39, 0.29) is 34.2 Å². The molecule has 0 bridgehead atoms. The van der Waals surface area contributed by atoms with Crippen LogP contribution in [0.15, 0.2) is 23.1 Å². The maximum absolute atomic E-state index is 13.3. The van der Waals surface area contributed by atoms with Crippen molar-refractivity contribution in [3.05, 3.63) is 23.8 Å². The highest BCUT2D eigenvalue weighted by Gasteiger charge is 2.31. The second-order valence-electron chi connectivity index (χ2n) is 8.91. The van der Waals surface area contributed by atoms with Gasteiger partial charge in [0, 0.05) is 38.1 Å². The molecule has 2 aliphatic heterocycles. The summed E-state index contributed by atoms with van der Waals surface area (Å²) in [6.07, 6.45) is 4.92. The zero-order valence-corrected chi connectivity index (χ0v) is 20.1. The summed E-state index contributed by atoms with van der Waals surface area (Å²) < 4.78 is 33.3. The van der Waals surface area contributed by atoms with E-state index in [1.165, 1.54) is 23.5 Å². The van der Waals surface area contributed by atoms with E-state index < -0.39 is 10.0 Å². The average molecular weight is 466 g/mol. The van der Waals surface area contributed by atoms with Crippen LogP contribution < -0.4 is 10.1 Å². The summed E-state index contributed by atoms with van der Waals surface area (Å²) in [6.45, 7) is 5.75. The Morgan fingerprint density at radius 1 is 1.03 bits per heavy atom. The fourth-order valence-corrected chi connectivity index (χ4v) is 5.91. The van der Waals surface area contributed by atoms with E-state index in [0.29, 0.717) is 44.8 Å². The molecule has 2 fully saturated rings. The van der Waals surface area contributed by atoms with Gasteiger partial charge in [0.25, 0.3) is 5.91 Å². The lowest BCUT2D eigenvalue weighted by Crippen LogP contribution is -2.44. The highest BCUT2D eigenvalue weighted by molar-refractivity contribution is 7.89. The molecule has 32 heavy (non-hydrogen) atoms. The topological polar surface area (TPSA) is 96.0 Å². The number of likely N-dealkylation sites (tertiary alicyclic amines) is 1. The third kappa shape index (κ3) is 5.61. The van der Waals surface area contributed by atoms with E-state index in [1.807, 2.05) is 13.8 Å². The summed E-state index contributed by atoms with van der Waals surface area (Å²) in [4.78, 5) is 27.4. The van der Waals surface area contributed by atoms with Gasteiger partial charge < -0.3 is 15.0 Å². The first-order valence-electron chi connectivity index (χ1n) is 11.5. The van der Waals surface area contributed by atoms with Crippen LogP contribution in [0, 0.1) is 5.92 Å². The van der Waals surface area contributed by atoms with E-state index >= 15 is 0 Å². The van der Waals surface area contributed by atoms with Gasteiger partial charge in [-0.25, -0.2) is 8.42 Å². The molecule has 0 spiro atoms. The molecule has 3 rings (SSSR count). The molecule has 0 radical (unpaired) electrons. The highest BCUT2D eigenvalue weighted by Crippen LogP contribution is 2.28. The molecular formula is C23H35N3O5S. The lowest BCUT2D eigenvalue weighted by atomic mass is 9.95. The molecule has 0 unspecified atom stereocenters. The number of nitrogens with one attached hydrogen (secondary N) is 1. The van der Waals surface area contributed by atoms with Crippen molar-refractivity contribution in [2.75, 3.05) is 33.3 Å². The third-order valence-corrected chi connectivity index (χ3v) is 8.08. The Kier molecular flexibility index (Phi) is 8.16. The molecule has 2 amide bonds. The number of benzene rings is 1. The number of methoxy groups -OCH3 is 1. The quantitative estimate of drug-likeness (QED) is 0.697. The molecular weight excluding hydrogens is 430 g/mol. The molecule has 2 heterocycles. The molecule has 0 saturated carbocycles. The predicted octanol–water partition coefficient (Wildman–Crippen LogP) is 2.64. The van der Waals surface area contributed by atoms with Crippen LogP contribution in [0.25, 0.3) is 0 Å². The summed E-state index contributed by atoms with van der Waals surface area (Å²) in [5.74, 6) is -0.00436. The van der Waals surface area contributed by atoms with Crippen molar-refractivity contribution in [2.45, 2.75) is 63.3 Å². The minimum Gasteiger partial charge on any atom is -0.496 e. The maximum atomic E-state index is 13.3. The number of hydrogen-bond donors (Lipinski definition) is 1. The monoisotopic (exact) mass is 465 g/mol. The first-order chi connectivity index (χ1) is 15.2. The summed E-state index contributed by atoms with van der Waals surface area (Å²) in [6, 6.07) is 4.60. The van der Waals surface area contributed by atoms with E-state index in [4.69, 9.17) is 4.74 Å². The van der Waals surface area contributed by atoms with Gasteiger partial charge in [-0.2, -0.15) is 4.31 Å². The van der Waals surface area contributed by atoms with Gasteiger partial charge in [-0.15, -0.1) is 0 Å². The van der Waals surface area contributed by atoms with Crippen molar-refractivity contribution in [1.29, 1.82) is 0 Å². The van der Waals surface area contributed by atoms with Gasteiger partial charge >= 0.3 is 0 Å². The minimum atomic E-state index is -3.67. The number of carbonyl (C=O) groups excluding carboxylic acids is 2. The Labute approximate surface area is 191 Å². The number of nitrogens with zero attached hydrogens (tertiary/aromatic N) is 2. The van der Waals surface area contributed by atoms with Crippen molar-refractivity contribution in [3.8, 4) is 5.75 Å². The van der Waals surface area contributed by atoms with Gasteiger partial charge in [0.15, 0.2) is 0 Å². The fraction of sp³-hybridized carbons (Fsp3) is 0.652. The van der Waals surface area contributed by atoms with Crippen molar-refractivity contribution in [3.63, 3.8) is 0 Å². The Hall–Kier alpha value is -2.13. The second kappa shape index (κ2) is 10.7. The number of rotatable bonds is 6. The Morgan fingerprint density at radius 2 is 1.66 bits per heavy atom. The SMILES string of the molecule is COc1ccc(S(=O)(=O)N2CCCCCC2)cc1C(=O)N1CCC(C(=O)NC(C)C)CC1. The van der Waals surface area contributed by atoms with Gasteiger partial charge in [-0.3, -0.25) is 9.59 Å². The summed E-state index contributed by atoms with van der Waals surface area (Å²) >= 11 is 0. The molecule has 9 heteroatoms. The van der Waals surface area contributed by atoms with Crippen LogP contribution in [-0.2, 0) is 14.8 Å². The Balaban J connectivity index is 1.77. The largest absolute Gasteiger partial charge is 0.496 e. The van der Waals surface area contributed by atoms with E-state index in [2.05, 4.69) is 5.32 Å². The third-order valence-electron chi connectivity index (χ3n) is 6.19. The smallest absolute Gasteiger partial charge is 0.257 e. The van der Waals surface area contributed by atoms with E-state index in [1.54, 1.807) is 11.0 Å². The zero-order chi connectivity index (χ0) is 23.3. The summed E-state index contributed by atoms with van der Waals surface area (Å²) in [7, 11) is -2.20. The predicted molar refractivity (Wildman–Crippen MR) is 122 cm³/mol. The second-order valence-corrected chi connectivity index (χ2v) is 10.8. The molecule has 0 aliphatic carbocycles. The number of amides is 2. The van der Waals surface area contributed by atoms with Crippen molar-refractivity contribution in [1.82, 2.24) is 14.5 Å². The minimum absolute atomic E-state index is 0.0234. The lowest BCUT2D eigenvalue weighted by Gasteiger charge is -2.32. The highest BCUT2D eigenvalue weighted by atomic mass is 32.2. The van der Waals surface area contributed by atoms with Crippen molar-refractivity contribution in [2.24, 2.45) is 5.92 Å². The fourth-order valence-electron chi connectivity index (χ4n) is 4.36. The molecule has 178 valence electrons. The van der Waals surface area contributed by atoms with Gasteiger partial charge in [0.1, 0.15) is 5.75 Å². The zero-order valence-electron chi connectivity index (χ0n) is 19.3. The molecule has 1 N–H and O–H groups in total. The van der Waals surface area contributed by atoms with Gasteiger partial charge in [-0.05, 0) is 57.7 Å².